The molecular formula is C11H19NO2. The van der Waals surface area contributed by atoms with Crippen molar-refractivity contribution in [3.8, 4) is 0 Å². The van der Waals surface area contributed by atoms with E-state index in [9.17, 15) is 4.79 Å². The summed E-state index contributed by atoms with van der Waals surface area (Å²) in [6, 6.07) is 0. The first-order valence-electron chi connectivity index (χ1n) is 5.47. The van der Waals surface area contributed by atoms with Crippen molar-refractivity contribution in [3.63, 3.8) is 0 Å². The lowest BCUT2D eigenvalue weighted by Gasteiger charge is -2.37. The minimum atomic E-state index is 0.0253. The van der Waals surface area contributed by atoms with E-state index in [1.807, 2.05) is 6.92 Å². The number of hydrogen-bond acceptors (Lipinski definition) is 3. The molecule has 2 aliphatic heterocycles. The summed E-state index contributed by atoms with van der Waals surface area (Å²) in [5, 5.41) is 0. The van der Waals surface area contributed by atoms with E-state index in [2.05, 4.69) is 11.9 Å². The maximum absolute atomic E-state index is 10.8. The van der Waals surface area contributed by atoms with Crippen LogP contribution in [-0.4, -0.2) is 43.0 Å². The summed E-state index contributed by atoms with van der Waals surface area (Å²) >= 11 is 0. The fourth-order valence-corrected chi connectivity index (χ4v) is 2.63. The number of carbonyl (C=O) groups excluding carboxylic acids is 1. The van der Waals surface area contributed by atoms with Crippen LogP contribution in [0.5, 0.6) is 0 Å². The molecule has 80 valence electrons. The molecule has 3 heteroatoms. The lowest BCUT2D eigenvalue weighted by atomic mass is 9.85. The molecule has 1 spiro atoms. The van der Waals surface area contributed by atoms with Gasteiger partial charge in [-0.15, -0.1) is 0 Å². The monoisotopic (exact) mass is 197 g/mol. The van der Waals surface area contributed by atoms with Crippen molar-refractivity contribution in [1.82, 2.24) is 4.90 Å². The van der Waals surface area contributed by atoms with Gasteiger partial charge < -0.3 is 14.4 Å². The molecule has 2 unspecified atom stereocenters. The second kappa shape index (κ2) is 3.63. The quantitative estimate of drug-likeness (QED) is 0.589. The highest BCUT2D eigenvalue weighted by atomic mass is 16.5. The average molecular weight is 197 g/mol. The predicted octanol–water partition coefficient (Wildman–Crippen LogP) is 1.07. The standard InChI is InChI=1S/C11H19NO2/c1-9-10(8-13)7-11(14-9)3-5-12(2)6-4-11/h8-10H,3-7H2,1-2H3. The van der Waals surface area contributed by atoms with Crippen LogP contribution in [0.2, 0.25) is 0 Å². The Bertz CT molecular complexity index is 221. The molecule has 2 atom stereocenters. The molecule has 0 amide bonds. The van der Waals surface area contributed by atoms with E-state index in [0.717, 1.165) is 38.6 Å². The predicted molar refractivity (Wildman–Crippen MR) is 54.2 cm³/mol. The number of hydrogen-bond donors (Lipinski definition) is 0. The Labute approximate surface area is 85.4 Å². The Morgan fingerprint density at radius 1 is 1.43 bits per heavy atom. The van der Waals surface area contributed by atoms with Gasteiger partial charge in [-0.2, -0.15) is 0 Å². The van der Waals surface area contributed by atoms with Gasteiger partial charge in [0.15, 0.2) is 0 Å². The van der Waals surface area contributed by atoms with Gasteiger partial charge in [0.05, 0.1) is 11.7 Å². The molecule has 14 heavy (non-hydrogen) atoms. The molecular weight excluding hydrogens is 178 g/mol. The lowest BCUT2D eigenvalue weighted by Crippen LogP contribution is -2.42. The molecule has 0 saturated carbocycles. The summed E-state index contributed by atoms with van der Waals surface area (Å²) < 4.78 is 5.98. The molecule has 3 nitrogen and oxygen atoms in total. The summed E-state index contributed by atoms with van der Waals surface area (Å²) in [5.74, 6) is 0.124. The number of ether oxygens (including phenoxy) is 1. The van der Waals surface area contributed by atoms with Crippen LogP contribution in [0.15, 0.2) is 0 Å². The molecule has 0 radical (unpaired) electrons. The highest BCUT2D eigenvalue weighted by molar-refractivity contribution is 5.55. The second-order valence-electron chi connectivity index (χ2n) is 4.81. The van der Waals surface area contributed by atoms with E-state index in [4.69, 9.17) is 4.74 Å². The largest absolute Gasteiger partial charge is 0.371 e. The summed E-state index contributed by atoms with van der Waals surface area (Å²) in [4.78, 5) is 13.1. The first-order chi connectivity index (χ1) is 6.65. The van der Waals surface area contributed by atoms with Crippen LogP contribution < -0.4 is 0 Å². The van der Waals surface area contributed by atoms with E-state index < -0.39 is 0 Å². The molecule has 2 saturated heterocycles. The summed E-state index contributed by atoms with van der Waals surface area (Å²) in [5.41, 5.74) is 0.0253. The molecule has 0 aromatic carbocycles. The fourth-order valence-electron chi connectivity index (χ4n) is 2.63. The molecule has 0 aromatic heterocycles. The number of nitrogens with zero attached hydrogens (tertiary/aromatic N) is 1. The van der Waals surface area contributed by atoms with Crippen LogP contribution in [0.4, 0.5) is 0 Å². The zero-order valence-electron chi connectivity index (χ0n) is 9.03. The highest BCUT2D eigenvalue weighted by Gasteiger charge is 2.45. The van der Waals surface area contributed by atoms with Crippen molar-refractivity contribution in [2.24, 2.45) is 5.92 Å². The average Bonchev–Trinajstić information content (AvgIpc) is 2.49. The first kappa shape index (κ1) is 10.1. The molecule has 0 N–H and O–H groups in total. The van der Waals surface area contributed by atoms with Gasteiger partial charge in [0.1, 0.15) is 6.29 Å². The Balaban J connectivity index is 2.01. The number of piperidine rings is 1. The number of aldehydes is 1. The van der Waals surface area contributed by atoms with Gasteiger partial charge in [-0.05, 0) is 33.2 Å². The Morgan fingerprint density at radius 3 is 2.57 bits per heavy atom. The van der Waals surface area contributed by atoms with E-state index in [1.165, 1.54) is 0 Å². The van der Waals surface area contributed by atoms with Crippen molar-refractivity contribution in [1.29, 1.82) is 0 Å². The third-order valence-corrected chi connectivity index (χ3v) is 3.72. The third kappa shape index (κ3) is 1.71. The van der Waals surface area contributed by atoms with E-state index in [1.54, 1.807) is 0 Å². The maximum atomic E-state index is 10.8. The molecule has 0 aliphatic carbocycles. The van der Waals surface area contributed by atoms with Crippen LogP contribution in [-0.2, 0) is 9.53 Å². The number of carbonyl (C=O) groups is 1. The summed E-state index contributed by atoms with van der Waals surface area (Å²) in [6.45, 7) is 4.21. The minimum absolute atomic E-state index is 0.0253. The van der Waals surface area contributed by atoms with Crippen LogP contribution >= 0.6 is 0 Å². The molecule has 0 aromatic rings. The van der Waals surface area contributed by atoms with E-state index in [0.29, 0.717) is 0 Å². The first-order valence-corrected chi connectivity index (χ1v) is 5.47. The highest BCUT2D eigenvalue weighted by Crippen LogP contribution is 2.40. The van der Waals surface area contributed by atoms with Crippen LogP contribution in [0, 0.1) is 5.92 Å². The smallest absolute Gasteiger partial charge is 0.125 e. The summed E-state index contributed by atoms with van der Waals surface area (Å²) in [7, 11) is 2.14. The van der Waals surface area contributed by atoms with Crippen molar-refractivity contribution in [2.75, 3.05) is 20.1 Å². The zero-order chi connectivity index (χ0) is 10.2. The van der Waals surface area contributed by atoms with E-state index >= 15 is 0 Å². The zero-order valence-corrected chi connectivity index (χ0v) is 9.03. The fraction of sp³-hybridized carbons (Fsp3) is 0.909. The Kier molecular flexibility index (Phi) is 2.62. The van der Waals surface area contributed by atoms with Crippen molar-refractivity contribution in [3.05, 3.63) is 0 Å². The molecule has 2 aliphatic rings. The number of likely N-dealkylation sites (tertiary alicyclic amines) is 1. The third-order valence-electron chi connectivity index (χ3n) is 3.72. The molecule has 2 rings (SSSR count). The Hall–Kier alpha value is -0.410. The van der Waals surface area contributed by atoms with Gasteiger partial charge in [-0.3, -0.25) is 0 Å². The lowest BCUT2D eigenvalue weighted by molar-refractivity contribution is -0.112. The SMILES string of the molecule is CC1OC2(CCN(C)CC2)CC1C=O. The molecule has 2 fully saturated rings. The normalized spacial score (nSPS) is 37.6. The van der Waals surface area contributed by atoms with Gasteiger partial charge in [-0.25, -0.2) is 0 Å². The van der Waals surface area contributed by atoms with Gasteiger partial charge in [0.2, 0.25) is 0 Å². The second-order valence-corrected chi connectivity index (χ2v) is 4.81. The van der Waals surface area contributed by atoms with E-state index in [-0.39, 0.29) is 17.6 Å². The summed E-state index contributed by atoms with van der Waals surface area (Å²) in [6.07, 6.45) is 4.29. The van der Waals surface area contributed by atoms with Crippen molar-refractivity contribution < 1.29 is 9.53 Å². The van der Waals surface area contributed by atoms with Gasteiger partial charge in [-0.1, -0.05) is 0 Å². The van der Waals surface area contributed by atoms with Crippen molar-refractivity contribution in [2.45, 2.75) is 37.9 Å². The van der Waals surface area contributed by atoms with Crippen LogP contribution in [0.25, 0.3) is 0 Å². The topological polar surface area (TPSA) is 29.5 Å². The van der Waals surface area contributed by atoms with Gasteiger partial charge >= 0.3 is 0 Å². The number of rotatable bonds is 1. The van der Waals surface area contributed by atoms with Gasteiger partial charge in [0, 0.05) is 19.0 Å². The maximum Gasteiger partial charge on any atom is 0.125 e. The molecule has 2 heterocycles. The van der Waals surface area contributed by atoms with Gasteiger partial charge in [0.25, 0.3) is 0 Å². The van der Waals surface area contributed by atoms with Crippen LogP contribution in [0.1, 0.15) is 26.2 Å². The Morgan fingerprint density at radius 2 is 2.07 bits per heavy atom. The molecule has 0 bridgehead atoms. The van der Waals surface area contributed by atoms with Crippen LogP contribution in [0.3, 0.4) is 0 Å². The minimum Gasteiger partial charge on any atom is -0.371 e. The van der Waals surface area contributed by atoms with Crippen molar-refractivity contribution >= 4 is 6.29 Å².